The number of hydrogen-bond donors (Lipinski definition) is 0. The molecule has 3 aromatic rings. The van der Waals surface area contributed by atoms with Gasteiger partial charge in [0.05, 0.1) is 0 Å². The summed E-state index contributed by atoms with van der Waals surface area (Å²) in [5, 5.41) is 0. The van der Waals surface area contributed by atoms with Crippen LogP contribution in [0.5, 0.6) is 0 Å². The minimum Gasteiger partial charge on any atom is -0.297 e. The fraction of sp³-hybridized carbons (Fsp3) is 0.318. The van der Waals surface area contributed by atoms with Crippen LogP contribution >= 0.6 is 11.8 Å². The van der Waals surface area contributed by atoms with Crippen LogP contribution in [0, 0.1) is 5.92 Å². The van der Waals surface area contributed by atoms with Gasteiger partial charge in [0.25, 0.3) is 0 Å². The number of rotatable bonds is 6. The number of Topliss-reactive ketones (excluding diaryl/α,β-unsaturated/α-hetero) is 1. The summed E-state index contributed by atoms with van der Waals surface area (Å²) in [7, 11) is 0. The van der Waals surface area contributed by atoms with Crippen molar-refractivity contribution >= 4 is 17.5 Å². The average molecular weight is 393 g/mol. The lowest BCUT2D eigenvalue weighted by Crippen LogP contribution is -2.38. The fourth-order valence-corrected chi connectivity index (χ4v) is 4.20. The molecule has 0 amide bonds. The highest BCUT2D eigenvalue weighted by Crippen LogP contribution is 2.24. The number of hydrogen-bond acceptors (Lipinski definition) is 5. The van der Waals surface area contributed by atoms with E-state index in [-0.39, 0.29) is 11.7 Å². The van der Waals surface area contributed by atoms with E-state index in [0.717, 1.165) is 43.7 Å². The normalized spacial score (nSPS) is 17.5. The first-order valence-electron chi connectivity index (χ1n) is 9.59. The molecule has 2 aromatic heterocycles. The van der Waals surface area contributed by atoms with Crippen LogP contribution in [0.1, 0.15) is 28.9 Å². The standard InChI is InChI=1S/C22H24N4OS/c1-28-20-9-7-17(8-10-20)21(27)18-5-2-13-25(15-18)16-19-6-3-14-26(19)22-23-11-4-12-24-22/h3-4,6-12,14,18H,2,5,13,15-16H2,1H3/t18-/m0/s1. The summed E-state index contributed by atoms with van der Waals surface area (Å²) in [6.45, 7) is 2.60. The van der Waals surface area contributed by atoms with Crippen LogP contribution < -0.4 is 0 Å². The molecule has 1 aromatic carbocycles. The molecule has 1 aliphatic rings. The van der Waals surface area contributed by atoms with Crippen molar-refractivity contribution < 1.29 is 4.79 Å². The van der Waals surface area contributed by atoms with Crippen LogP contribution in [-0.2, 0) is 6.54 Å². The topological polar surface area (TPSA) is 51.0 Å². The van der Waals surface area contributed by atoms with E-state index in [4.69, 9.17) is 0 Å². The minimum atomic E-state index is 0.0604. The Labute approximate surface area is 169 Å². The molecule has 4 rings (SSSR count). The molecule has 1 saturated heterocycles. The van der Waals surface area contributed by atoms with Gasteiger partial charge in [-0.1, -0.05) is 12.1 Å². The van der Waals surface area contributed by atoms with Crippen molar-refractivity contribution in [3.8, 4) is 5.95 Å². The summed E-state index contributed by atoms with van der Waals surface area (Å²) in [5.74, 6) is 1.01. The summed E-state index contributed by atoms with van der Waals surface area (Å²) in [6.07, 6.45) is 9.55. The first kappa shape index (κ1) is 18.9. The molecule has 0 spiro atoms. The number of nitrogens with zero attached hydrogens (tertiary/aromatic N) is 4. The van der Waals surface area contributed by atoms with Crippen molar-refractivity contribution in [3.05, 3.63) is 72.3 Å². The highest BCUT2D eigenvalue weighted by Gasteiger charge is 2.27. The molecule has 28 heavy (non-hydrogen) atoms. The molecule has 6 heteroatoms. The van der Waals surface area contributed by atoms with Gasteiger partial charge in [0.1, 0.15) is 0 Å². The van der Waals surface area contributed by atoms with Crippen molar-refractivity contribution in [2.75, 3.05) is 19.3 Å². The van der Waals surface area contributed by atoms with Crippen LogP contribution in [0.25, 0.3) is 5.95 Å². The van der Waals surface area contributed by atoms with E-state index in [9.17, 15) is 4.79 Å². The molecule has 1 aliphatic heterocycles. The number of thioether (sulfide) groups is 1. The maximum atomic E-state index is 13.0. The van der Waals surface area contributed by atoms with E-state index in [2.05, 4.69) is 20.9 Å². The van der Waals surface area contributed by atoms with Crippen LogP contribution in [0.4, 0.5) is 0 Å². The third-order valence-corrected chi connectivity index (χ3v) is 5.98. The van der Waals surface area contributed by atoms with Gasteiger partial charge in [-0.25, -0.2) is 9.97 Å². The predicted octanol–water partition coefficient (Wildman–Crippen LogP) is 4.08. The summed E-state index contributed by atoms with van der Waals surface area (Å²) >= 11 is 1.69. The molecule has 3 heterocycles. The molecule has 1 fully saturated rings. The lowest BCUT2D eigenvalue weighted by Gasteiger charge is -2.32. The maximum Gasteiger partial charge on any atom is 0.233 e. The second-order valence-electron chi connectivity index (χ2n) is 7.09. The van der Waals surface area contributed by atoms with Crippen molar-refractivity contribution in [1.82, 2.24) is 19.4 Å². The predicted molar refractivity (Wildman–Crippen MR) is 112 cm³/mol. The summed E-state index contributed by atoms with van der Waals surface area (Å²) in [5.41, 5.74) is 1.97. The zero-order chi connectivity index (χ0) is 19.3. The minimum absolute atomic E-state index is 0.0604. The second kappa shape index (κ2) is 8.71. The first-order valence-corrected chi connectivity index (χ1v) is 10.8. The Morgan fingerprint density at radius 2 is 1.93 bits per heavy atom. The highest BCUT2D eigenvalue weighted by atomic mass is 32.2. The van der Waals surface area contributed by atoms with Crippen molar-refractivity contribution in [1.29, 1.82) is 0 Å². The SMILES string of the molecule is CSc1ccc(C(=O)[C@H]2CCCN(Cc3cccn3-c3ncccn3)C2)cc1. The third-order valence-electron chi connectivity index (χ3n) is 5.24. The molecule has 1 atom stereocenters. The number of carbonyl (C=O) groups excluding carboxylic acids is 1. The van der Waals surface area contributed by atoms with Crippen LogP contribution in [-0.4, -0.2) is 44.6 Å². The van der Waals surface area contributed by atoms with Gasteiger partial charge in [-0.15, -0.1) is 11.8 Å². The molecular weight excluding hydrogens is 368 g/mol. The van der Waals surface area contributed by atoms with E-state index >= 15 is 0 Å². The maximum absolute atomic E-state index is 13.0. The molecule has 0 saturated carbocycles. The zero-order valence-corrected chi connectivity index (χ0v) is 16.8. The van der Waals surface area contributed by atoms with Crippen LogP contribution in [0.3, 0.4) is 0 Å². The Bertz CT molecular complexity index is 923. The molecule has 5 nitrogen and oxygen atoms in total. The Hall–Kier alpha value is -2.44. The number of benzene rings is 1. The summed E-state index contributed by atoms with van der Waals surface area (Å²) < 4.78 is 2.02. The number of piperidine rings is 1. The van der Waals surface area contributed by atoms with Gasteiger partial charge in [-0.05, 0) is 56.0 Å². The molecular formula is C22H24N4OS. The van der Waals surface area contributed by atoms with E-state index in [1.807, 2.05) is 53.4 Å². The number of carbonyl (C=O) groups is 1. The largest absolute Gasteiger partial charge is 0.297 e. The number of likely N-dealkylation sites (tertiary alicyclic amines) is 1. The van der Waals surface area contributed by atoms with Crippen molar-refractivity contribution in [3.63, 3.8) is 0 Å². The number of ketones is 1. The van der Waals surface area contributed by atoms with Gasteiger partial charge in [0.15, 0.2) is 5.78 Å². The highest BCUT2D eigenvalue weighted by molar-refractivity contribution is 7.98. The average Bonchev–Trinajstić information content (AvgIpc) is 3.22. The smallest absolute Gasteiger partial charge is 0.233 e. The van der Waals surface area contributed by atoms with Gasteiger partial charge >= 0.3 is 0 Å². The quantitative estimate of drug-likeness (QED) is 0.467. The summed E-state index contributed by atoms with van der Waals surface area (Å²) in [4.78, 5) is 25.2. The Morgan fingerprint density at radius 1 is 1.14 bits per heavy atom. The summed E-state index contributed by atoms with van der Waals surface area (Å²) in [6, 6.07) is 13.9. The lowest BCUT2D eigenvalue weighted by molar-refractivity contribution is 0.0809. The van der Waals surface area contributed by atoms with Gasteiger partial charge in [-0.3, -0.25) is 14.3 Å². The van der Waals surface area contributed by atoms with Crippen molar-refractivity contribution in [2.45, 2.75) is 24.3 Å². The van der Waals surface area contributed by atoms with E-state index in [0.29, 0.717) is 5.95 Å². The monoisotopic (exact) mass is 392 g/mol. The van der Waals surface area contributed by atoms with E-state index in [1.54, 1.807) is 24.2 Å². The fourth-order valence-electron chi connectivity index (χ4n) is 3.79. The van der Waals surface area contributed by atoms with Gasteiger partial charge in [0, 0.05) is 53.8 Å². The third kappa shape index (κ3) is 4.18. The van der Waals surface area contributed by atoms with Crippen molar-refractivity contribution in [2.24, 2.45) is 5.92 Å². The van der Waals surface area contributed by atoms with Crippen LogP contribution in [0.2, 0.25) is 0 Å². The molecule has 0 aliphatic carbocycles. The van der Waals surface area contributed by atoms with Gasteiger partial charge in [0.2, 0.25) is 5.95 Å². The van der Waals surface area contributed by atoms with Gasteiger partial charge < -0.3 is 0 Å². The number of aromatic nitrogens is 3. The molecule has 144 valence electrons. The first-order chi connectivity index (χ1) is 13.7. The second-order valence-corrected chi connectivity index (χ2v) is 7.96. The van der Waals surface area contributed by atoms with Gasteiger partial charge in [-0.2, -0.15) is 0 Å². The molecule has 0 radical (unpaired) electrons. The van der Waals surface area contributed by atoms with E-state index < -0.39 is 0 Å². The Kier molecular flexibility index (Phi) is 5.88. The van der Waals surface area contributed by atoms with E-state index in [1.165, 1.54) is 4.90 Å². The Morgan fingerprint density at radius 3 is 2.68 bits per heavy atom. The lowest BCUT2D eigenvalue weighted by atomic mass is 9.90. The molecule has 0 unspecified atom stereocenters. The molecule has 0 N–H and O–H groups in total. The van der Waals surface area contributed by atoms with Crippen LogP contribution in [0.15, 0.2) is 66.0 Å². The molecule has 0 bridgehead atoms. The zero-order valence-electron chi connectivity index (χ0n) is 16.0. The Balaban J connectivity index is 1.45.